The molecule has 0 radical (unpaired) electrons. The summed E-state index contributed by atoms with van der Waals surface area (Å²) in [6.45, 7) is 0.582. The van der Waals surface area contributed by atoms with Crippen LogP contribution in [-0.4, -0.2) is 29.9 Å². The Morgan fingerprint density at radius 2 is 2.14 bits per heavy atom. The van der Waals surface area contributed by atoms with Crippen LogP contribution in [0.4, 0.5) is 0 Å². The number of nitrogens with zero attached hydrogens (tertiary/aromatic N) is 2. The van der Waals surface area contributed by atoms with E-state index >= 15 is 0 Å². The number of hydrogen-bond acceptors (Lipinski definition) is 3. The van der Waals surface area contributed by atoms with Crippen molar-refractivity contribution in [2.75, 3.05) is 14.2 Å². The standard InChI is InChI=1S/C17H19BrN2O2/c1-20(12-14-4-3-9-19-11-14)17(21)8-6-13-5-7-16(22-2)15(18)10-13/h3-5,7,9-11H,6,8,12H2,1-2H3. The second kappa shape index (κ2) is 7.94. The number of hydrogen-bond donors (Lipinski definition) is 0. The number of rotatable bonds is 6. The van der Waals surface area contributed by atoms with Gasteiger partial charge in [0.2, 0.25) is 5.91 Å². The summed E-state index contributed by atoms with van der Waals surface area (Å²) in [6.07, 6.45) is 4.70. The Bertz CT molecular complexity index is 632. The number of ether oxygens (including phenoxy) is 1. The molecule has 2 aromatic rings. The van der Waals surface area contributed by atoms with Crippen molar-refractivity contribution < 1.29 is 9.53 Å². The largest absolute Gasteiger partial charge is 0.496 e. The Balaban J connectivity index is 1.88. The third-order valence-electron chi connectivity index (χ3n) is 3.41. The molecule has 1 heterocycles. The van der Waals surface area contributed by atoms with Crippen molar-refractivity contribution in [3.63, 3.8) is 0 Å². The average molecular weight is 363 g/mol. The van der Waals surface area contributed by atoms with E-state index in [4.69, 9.17) is 4.74 Å². The highest BCUT2D eigenvalue weighted by Crippen LogP contribution is 2.26. The molecule has 2 rings (SSSR count). The van der Waals surface area contributed by atoms with Gasteiger partial charge in [-0.1, -0.05) is 12.1 Å². The molecule has 5 heteroatoms. The van der Waals surface area contributed by atoms with E-state index < -0.39 is 0 Å². The van der Waals surface area contributed by atoms with Crippen molar-refractivity contribution in [1.82, 2.24) is 9.88 Å². The van der Waals surface area contributed by atoms with E-state index in [1.165, 1.54) is 0 Å². The first-order valence-electron chi connectivity index (χ1n) is 7.05. The molecule has 0 fully saturated rings. The highest BCUT2D eigenvalue weighted by Gasteiger charge is 2.10. The Morgan fingerprint density at radius 3 is 2.77 bits per heavy atom. The molecule has 22 heavy (non-hydrogen) atoms. The van der Waals surface area contributed by atoms with Gasteiger partial charge in [0.25, 0.3) is 0 Å². The zero-order valence-electron chi connectivity index (χ0n) is 12.8. The van der Waals surface area contributed by atoms with Gasteiger partial charge in [-0.15, -0.1) is 0 Å². The minimum Gasteiger partial charge on any atom is -0.496 e. The summed E-state index contributed by atoms with van der Waals surface area (Å²) < 4.78 is 6.11. The fourth-order valence-electron chi connectivity index (χ4n) is 2.16. The predicted octanol–water partition coefficient (Wildman–Crippen LogP) is 3.44. The second-order valence-electron chi connectivity index (χ2n) is 5.08. The molecular weight excluding hydrogens is 344 g/mol. The lowest BCUT2D eigenvalue weighted by Crippen LogP contribution is -2.26. The van der Waals surface area contributed by atoms with Gasteiger partial charge in [0.15, 0.2) is 0 Å². The first-order chi connectivity index (χ1) is 10.6. The number of aromatic nitrogens is 1. The van der Waals surface area contributed by atoms with Crippen LogP contribution >= 0.6 is 15.9 Å². The summed E-state index contributed by atoms with van der Waals surface area (Å²) in [5, 5.41) is 0. The van der Waals surface area contributed by atoms with E-state index in [2.05, 4.69) is 20.9 Å². The van der Waals surface area contributed by atoms with E-state index in [1.54, 1.807) is 24.4 Å². The molecule has 116 valence electrons. The van der Waals surface area contributed by atoms with Crippen molar-refractivity contribution in [3.8, 4) is 5.75 Å². The van der Waals surface area contributed by atoms with Crippen LogP contribution in [0, 0.1) is 0 Å². The normalized spacial score (nSPS) is 10.3. The molecule has 1 aromatic heterocycles. The van der Waals surface area contributed by atoms with Gasteiger partial charge in [-0.2, -0.15) is 0 Å². The van der Waals surface area contributed by atoms with Gasteiger partial charge in [0.05, 0.1) is 11.6 Å². The Hall–Kier alpha value is -1.88. The summed E-state index contributed by atoms with van der Waals surface area (Å²) >= 11 is 3.46. The first-order valence-corrected chi connectivity index (χ1v) is 7.84. The van der Waals surface area contributed by atoms with Gasteiger partial charge >= 0.3 is 0 Å². The summed E-state index contributed by atoms with van der Waals surface area (Å²) in [6, 6.07) is 9.73. The molecule has 1 aromatic carbocycles. The molecule has 0 saturated carbocycles. The van der Waals surface area contributed by atoms with Crippen molar-refractivity contribution in [3.05, 3.63) is 58.3 Å². The molecule has 0 unspecified atom stereocenters. The minimum atomic E-state index is 0.121. The van der Waals surface area contributed by atoms with Crippen molar-refractivity contribution in [2.24, 2.45) is 0 Å². The Kier molecular flexibility index (Phi) is 5.95. The molecule has 0 aliphatic heterocycles. The maximum absolute atomic E-state index is 12.2. The van der Waals surface area contributed by atoms with Crippen LogP contribution in [0.2, 0.25) is 0 Å². The second-order valence-corrected chi connectivity index (χ2v) is 5.93. The number of amides is 1. The maximum atomic E-state index is 12.2. The lowest BCUT2D eigenvalue weighted by atomic mass is 10.1. The Morgan fingerprint density at radius 1 is 1.32 bits per heavy atom. The van der Waals surface area contributed by atoms with Crippen LogP contribution < -0.4 is 4.74 Å². The molecule has 1 amide bonds. The third kappa shape index (κ3) is 4.56. The molecule has 0 atom stereocenters. The summed E-state index contributed by atoms with van der Waals surface area (Å²) in [5.41, 5.74) is 2.14. The topological polar surface area (TPSA) is 42.4 Å². The van der Waals surface area contributed by atoms with E-state index in [9.17, 15) is 4.79 Å². The zero-order valence-corrected chi connectivity index (χ0v) is 14.3. The minimum absolute atomic E-state index is 0.121. The molecular formula is C17H19BrN2O2. The quantitative estimate of drug-likeness (QED) is 0.790. The number of carbonyl (C=O) groups is 1. The maximum Gasteiger partial charge on any atom is 0.222 e. The summed E-state index contributed by atoms with van der Waals surface area (Å²) in [7, 11) is 3.45. The first kappa shape index (κ1) is 16.5. The van der Waals surface area contributed by atoms with Crippen LogP contribution in [-0.2, 0) is 17.8 Å². The van der Waals surface area contributed by atoms with Crippen LogP contribution in [0.5, 0.6) is 5.75 Å². The van der Waals surface area contributed by atoms with Crippen LogP contribution in [0.15, 0.2) is 47.2 Å². The average Bonchev–Trinajstić information content (AvgIpc) is 2.53. The number of halogens is 1. The lowest BCUT2D eigenvalue weighted by Gasteiger charge is -2.17. The molecule has 0 aliphatic rings. The molecule has 4 nitrogen and oxygen atoms in total. The molecule has 0 spiro atoms. The van der Waals surface area contributed by atoms with Crippen LogP contribution in [0.3, 0.4) is 0 Å². The van der Waals surface area contributed by atoms with Gasteiger partial charge < -0.3 is 9.64 Å². The van der Waals surface area contributed by atoms with Gasteiger partial charge in [0, 0.05) is 32.4 Å². The Labute approximate surface area is 139 Å². The van der Waals surface area contributed by atoms with Gasteiger partial charge in [-0.3, -0.25) is 9.78 Å². The van der Waals surface area contributed by atoms with E-state index in [0.29, 0.717) is 19.4 Å². The molecule has 0 N–H and O–H groups in total. The summed E-state index contributed by atoms with van der Waals surface area (Å²) in [4.78, 5) is 18.0. The number of methoxy groups -OCH3 is 1. The highest BCUT2D eigenvalue weighted by molar-refractivity contribution is 9.10. The molecule has 0 bridgehead atoms. The van der Waals surface area contributed by atoms with Crippen molar-refractivity contribution >= 4 is 21.8 Å². The van der Waals surface area contributed by atoms with Crippen molar-refractivity contribution in [2.45, 2.75) is 19.4 Å². The number of carbonyl (C=O) groups excluding carboxylic acids is 1. The molecule has 0 saturated heterocycles. The van der Waals surface area contributed by atoms with E-state index in [0.717, 1.165) is 21.3 Å². The number of pyridine rings is 1. The van der Waals surface area contributed by atoms with Gasteiger partial charge in [-0.05, 0) is 51.7 Å². The van der Waals surface area contributed by atoms with Crippen LogP contribution in [0.25, 0.3) is 0 Å². The van der Waals surface area contributed by atoms with Gasteiger partial charge in [0.1, 0.15) is 5.75 Å². The van der Waals surface area contributed by atoms with Crippen molar-refractivity contribution in [1.29, 1.82) is 0 Å². The monoisotopic (exact) mass is 362 g/mol. The SMILES string of the molecule is COc1ccc(CCC(=O)N(C)Cc2cccnc2)cc1Br. The van der Waals surface area contributed by atoms with Gasteiger partial charge in [-0.25, -0.2) is 0 Å². The number of benzene rings is 1. The summed E-state index contributed by atoms with van der Waals surface area (Å²) in [5.74, 6) is 0.916. The predicted molar refractivity (Wildman–Crippen MR) is 89.7 cm³/mol. The zero-order chi connectivity index (χ0) is 15.9. The fraction of sp³-hybridized carbons (Fsp3) is 0.294. The fourth-order valence-corrected chi connectivity index (χ4v) is 2.75. The van der Waals surface area contributed by atoms with E-state index in [1.807, 2.05) is 37.4 Å². The highest BCUT2D eigenvalue weighted by atomic mass is 79.9. The molecule has 0 aliphatic carbocycles. The third-order valence-corrected chi connectivity index (χ3v) is 4.03. The van der Waals surface area contributed by atoms with E-state index in [-0.39, 0.29) is 5.91 Å². The smallest absolute Gasteiger partial charge is 0.222 e. The van der Waals surface area contributed by atoms with Crippen LogP contribution in [0.1, 0.15) is 17.5 Å². The number of aryl methyl sites for hydroxylation is 1. The lowest BCUT2D eigenvalue weighted by molar-refractivity contribution is -0.130.